The molecule has 0 amide bonds. The first kappa shape index (κ1) is 14.1. The number of ether oxygens (including phenoxy) is 1. The zero-order valence-electron chi connectivity index (χ0n) is 10.2. The highest BCUT2D eigenvalue weighted by Gasteiger charge is 2.32. The van der Waals surface area contributed by atoms with Gasteiger partial charge in [0, 0.05) is 5.92 Å². The van der Waals surface area contributed by atoms with Crippen LogP contribution in [-0.4, -0.2) is 12.6 Å². The van der Waals surface area contributed by atoms with Gasteiger partial charge in [0.2, 0.25) is 0 Å². The highest BCUT2D eigenvalue weighted by molar-refractivity contribution is 5.31. The highest BCUT2D eigenvalue weighted by Crippen LogP contribution is 2.34. The van der Waals surface area contributed by atoms with Crippen LogP contribution in [0.4, 0.5) is 17.6 Å². The molecular formula is C13H15F4NO. The summed E-state index contributed by atoms with van der Waals surface area (Å²) in [5, 5.41) is 0. The second-order valence-electron chi connectivity index (χ2n) is 4.73. The average molecular weight is 277 g/mol. The molecule has 1 fully saturated rings. The lowest BCUT2D eigenvalue weighted by molar-refractivity contribution is -0.137. The number of halogens is 4. The minimum Gasteiger partial charge on any atom is -0.487 e. The van der Waals surface area contributed by atoms with Gasteiger partial charge in [-0.15, -0.1) is 0 Å². The van der Waals surface area contributed by atoms with Crippen molar-refractivity contribution in [2.45, 2.75) is 31.5 Å². The summed E-state index contributed by atoms with van der Waals surface area (Å²) < 4.78 is 56.3. The third-order valence-electron chi connectivity index (χ3n) is 3.43. The summed E-state index contributed by atoms with van der Waals surface area (Å²) in [4.78, 5) is 0. The number of hydrogen-bond donors (Lipinski definition) is 1. The van der Waals surface area contributed by atoms with E-state index in [1.54, 1.807) is 0 Å². The quantitative estimate of drug-likeness (QED) is 0.860. The molecule has 106 valence electrons. The van der Waals surface area contributed by atoms with E-state index in [-0.39, 0.29) is 17.8 Å². The molecule has 1 aliphatic carbocycles. The van der Waals surface area contributed by atoms with E-state index < -0.39 is 17.6 Å². The second-order valence-corrected chi connectivity index (χ2v) is 4.73. The van der Waals surface area contributed by atoms with Crippen molar-refractivity contribution in [3.05, 3.63) is 29.6 Å². The Hall–Kier alpha value is -1.30. The Morgan fingerprint density at radius 2 is 2.00 bits per heavy atom. The second kappa shape index (κ2) is 5.36. The van der Waals surface area contributed by atoms with E-state index in [4.69, 9.17) is 10.5 Å². The van der Waals surface area contributed by atoms with Crippen LogP contribution in [0.25, 0.3) is 0 Å². The number of rotatable bonds is 3. The van der Waals surface area contributed by atoms with Crippen LogP contribution in [-0.2, 0) is 6.18 Å². The molecule has 2 rings (SSSR count). The SMILES string of the molecule is NCC1CCCC1Oc1ccc(C(F)(F)F)cc1F. The van der Waals surface area contributed by atoms with Crippen molar-refractivity contribution in [1.82, 2.24) is 0 Å². The molecule has 0 aromatic heterocycles. The van der Waals surface area contributed by atoms with Crippen LogP contribution >= 0.6 is 0 Å². The van der Waals surface area contributed by atoms with Gasteiger partial charge in [-0.25, -0.2) is 4.39 Å². The van der Waals surface area contributed by atoms with Gasteiger partial charge in [0.1, 0.15) is 6.10 Å². The van der Waals surface area contributed by atoms with E-state index in [0.717, 1.165) is 31.4 Å². The first-order valence-corrected chi connectivity index (χ1v) is 6.15. The van der Waals surface area contributed by atoms with Crippen molar-refractivity contribution in [3.63, 3.8) is 0 Å². The molecular weight excluding hydrogens is 262 g/mol. The molecule has 0 bridgehead atoms. The molecule has 2 N–H and O–H groups in total. The molecule has 1 aromatic carbocycles. The lowest BCUT2D eigenvalue weighted by atomic mass is 10.1. The smallest absolute Gasteiger partial charge is 0.416 e. The lowest BCUT2D eigenvalue weighted by Crippen LogP contribution is -2.28. The monoisotopic (exact) mass is 277 g/mol. The molecule has 1 aliphatic rings. The van der Waals surface area contributed by atoms with Gasteiger partial charge >= 0.3 is 6.18 Å². The molecule has 0 heterocycles. The van der Waals surface area contributed by atoms with Crippen LogP contribution < -0.4 is 10.5 Å². The van der Waals surface area contributed by atoms with Crippen molar-refractivity contribution in [3.8, 4) is 5.75 Å². The van der Waals surface area contributed by atoms with Gasteiger partial charge in [0.15, 0.2) is 11.6 Å². The maximum atomic E-state index is 13.6. The maximum Gasteiger partial charge on any atom is 0.416 e. The zero-order chi connectivity index (χ0) is 14.0. The topological polar surface area (TPSA) is 35.2 Å². The Balaban J connectivity index is 2.13. The molecule has 0 aliphatic heterocycles. The summed E-state index contributed by atoms with van der Waals surface area (Å²) >= 11 is 0. The first-order chi connectivity index (χ1) is 8.91. The summed E-state index contributed by atoms with van der Waals surface area (Å²) in [7, 11) is 0. The molecule has 0 saturated heterocycles. The predicted octanol–water partition coefficient (Wildman–Crippen LogP) is 3.35. The van der Waals surface area contributed by atoms with Gasteiger partial charge in [-0.1, -0.05) is 0 Å². The van der Waals surface area contributed by atoms with Gasteiger partial charge in [-0.3, -0.25) is 0 Å². The van der Waals surface area contributed by atoms with E-state index in [1.165, 1.54) is 0 Å². The summed E-state index contributed by atoms with van der Waals surface area (Å²) in [6, 6.07) is 2.32. The van der Waals surface area contributed by atoms with E-state index >= 15 is 0 Å². The maximum absolute atomic E-state index is 13.6. The molecule has 1 aromatic rings. The van der Waals surface area contributed by atoms with Crippen LogP contribution in [0.5, 0.6) is 5.75 Å². The first-order valence-electron chi connectivity index (χ1n) is 6.15. The van der Waals surface area contributed by atoms with Crippen LogP contribution in [0.3, 0.4) is 0 Å². The Morgan fingerprint density at radius 1 is 1.26 bits per heavy atom. The minimum absolute atomic E-state index is 0.140. The average Bonchev–Trinajstić information content (AvgIpc) is 2.77. The van der Waals surface area contributed by atoms with Crippen molar-refractivity contribution >= 4 is 0 Å². The summed E-state index contributed by atoms with van der Waals surface area (Å²) in [6.45, 7) is 0.437. The largest absolute Gasteiger partial charge is 0.487 e. The van der Waals surface area contributed by atoms with E-state index in [1.807, 2.05) is 0 Å². The number of hydrogen-bond acceptors (Lipinski definition) is 2. The molecule has 19 heavy (non-hydrogen) atoms. The summed E-state index contributed by atoms with van der Waals surface area (Å²) in [5.41, 5.74) is 4.56. The van der Waals surface area contributed by atoms with Crippen LogP contribution in [0.1, 0.15) is 24.8 Å². The minimum atomic E-state index is -4.55. The molecule has 2 atom stereocenters. The Bertz CT molecular complexity index is 447. The van der Waals surface area contributed by atoms with Gasteiger partial charge in [0.25, 0.3) is 0 Å². The molecule has 2 nitrogen and oxygen atoms in total. The van der Waals surface area contributed by atoms with E-state index in [2.05, 4.69) is 0 Å². The van der Waals surface area contributed by atoms with Crippen LogP contribution in [0.2, 0.25) is 0 Å². The Morgan fingerprint density at radius 3 is 2.58 bits per heavy atom. The number of benzene rings is 1. The van der Waals surface area contributed by atoms with Gasteiger partial charge in [0.05, 0.1) is 5.56 Å². The van der Waals surface area contributed by atoms with Crippen molar-refractivity contribution < 1.29 is 22.3 Å². The predicted molar refractivity (Wildman–Crippen MR) is 62.2 cm³/mol. The standard InChI is InChI=1S/C13H15F4NO/c14-10-6-9(13(15,16)17)4-5-12(10)19-11-3-1-2-8(11)7-18/h4-6,8,11H,1-3,7,18H2. The molecule has 2 unspecified atom stereocenters. The van der Waals surface area contributed by atoms with Gasteiger partial charge in [-0.2, -0.15) is 13.2 Å². The Kier molecular flexibility index (Phi) is 3.99. The molecule has 0 spiro atoms. The molecule has 1 saturated carbocycles. The molecule has 6 heteroatoms. The molecule has 0 radical (unpaired) electrons. The van der Waals surface area contributed by atoms with E-state index in [9.17, 15) is 17.6 Å². The summed E-state index contributed by atoms with van der Waals surface area (Å²) in [6.07, 6.45) is -2.16. The fourth-order valence-corrected chi connectivity index (χ4v) is 2.36. The fourth-order valence-electron chi connectivity index (χ4n) is 2.36. The van der Waals surface area contributed by atoms with Crippen LogP contribution in [0.15, 0.2) is 18.2 Å². The third kappa shape index (κ3) is 3.18. The van der Waals surface area contributed by atoms with E-state index in [0.29, 0.717) is 12.6 Å². The Labute approximate surface area is 108 Å². The summed E-state index contributed by atoms with van der Waals surface area (Å²) in [5.74, 6) is -0.988. The highest BCUT2D eigenvalue weighted by atomic mass is 19.4. The number of alkyl halides is 3. The van der Waals surface area contributed by atoms with Crippen molar-refractivity contribution in [1.29, 1.82) is 0 Å². The zero-order valence-corrected chi connectivity index (χ0v) is 10.2. The van der Waals surface area contributed by atoms with Crippen molar-refractivity contribution in [2.75, 3.05) is 6.54 Å². The van der Waals surface area contributed by atoms with Gasteiger partial charge in [-0.05, 0) is 44.0 Å². The van der Waals surface area contributed by atoms with Gasteiger partial charge < -0.3 is 10.5 Å². The normalized spacial score (nSPS) is 23.6. The fraction of sp³-hybridized carbons (Fsp3) is 0.538. The third-order valence-corrected chi connectivity index (χ3v) is 3.43. The van der Waals surface area contributed by atoms with Crippen molar-refractivity contribution in [2.24, 2.45) is 11.7 Å². The van der Waals surface area contributed by atoms with Crippen LogP contribution in [0, 0.1) is 11.7 Å². The lowest BCUT2D eigenvalue weighted by Gasteiger charge is -2.20. The number of nitrogens with two attached hydrogens (primary N) is 1.